The van der Waals surface area contributed by atoms with E-state index < -0.39 is 12.6 Å². The number of hydrogen-bond acceptors (Lipinski definition) is 3. The largest absolute Gasteiger partial charge is 0.396 e. The lowest BCUT2D eigenvalue weighted by Crippen LogP contribution is -2.16. The highest BCUT2D eigenvalue weighted by Crippen LogP contribution is 2.20. The first-order chi connectivity index (χ1) is 7.94. The number of alkyl halides is 3. The Morgan fingerprint density at radius 1 is 1.24 bits per heavy atom. The molecule has 0 radical (unpaired) electrons. The van der Waals surface area contributed by atoms with Crippen molar-refractivity contribution < 1.29 is 13.2 Å². The molecule has 1 aromatic heterocycles. The van der Waals surface area contributed by atoms with Crippen LogP contribution >= 0.6 is 0 Å². The van der Waals surface area contributed by atoms with Gasteiger partial charge < -0.3 is 5.32 Å². The highest BCUT2D eigenvalue weighted by molar-refractivity contribution is 5.36. The van der Waals surface area contributed by atoms with Crippen molar-refractivity contribution in [2.24, 2.45) is 0 Å². The van der Waals surface area contributed by atoms with Gasteiger partial charge in [0.15, 0.2) is 0 Å². The lowest BCUT2D eigenvalue weighted by atomic mass is 10.3. The van der Waals surface area contributed by atoms with Crippen molar-refractivity contribution in [2.75, 3.05) is 11.9 Å². The molecule has 0 saturated carbocycles. The fourth-order valence-corrected chi connectivity index (χ4v) is 1.34. The smallest absolute Gasteiger partial charge is 0.370 e. The summed E-state index contributed by atoms with van der Waals surface area (Å²) in [7, 11) is 0. The summed E-state index contributed by atoms with van der Waals surface area (Å²) >= 11 is 0. The molecule has 1 aromatic rings. The molecule has 1 N–H and O–H groups in total. The molecular formula is C11H16F3N3. The van der Waals surface area contributed by atoms with Crippen LogP contribution in [0.3, 0.4) is 0 Å². The first-order valence-corrected chi connectivity index (χ1v) is 5.62. The Kier molecular flexibility index (Phi) is 4.72. The minimum absolute atomic E-state index is 0.171. The van der Waals surface area contributed by atoms with E-state index in [1.165, 1.54) is 0 Å². The zero-order valence-corrected chi connectivity index (χ0v) is 9.93. The van der Waals surface area contributed by atoms with Crippen LogP contribution in [0.1, 0.15) is 31.8 Å². The summed E-state index contributed by atoms with van der Waals surface area (Å²) in [6, 6.07) is 1.69. The van der Waals surface area contributed by atoms with E-state index in [1.54, 1.807) is 6.07 Å². The Bertz CT molecular complexity index is 363. The molecule has 96 valence electrons. The molecule has 0 spiro atoms. The van der Waals surface area contributed by atoms with Crippen molar-refractivity contribution in [3.63, 3.8) is 0 Å². The van der Waals surface area contributed by atoms with E-state index in [2.05, 4.69) is 15.3 Å². The van der Waals surface area contributed by atoms with Gasteiger partial charge in [0, 0.05) is 18.3 Å². The Morgan fingerprint density at radius 2 is 1.94 bits per heavy atom. The molecule has 3 nitrogen and oxygen atoms in total. The summed E-state index contributed by atoms with van der Waals surface area (Å²) < 4.78 is 36.8. The summed E-state index contributed by atoms with van der Waals surface area (Å²) in [5, 5.41) is 2.98. The molecule has 0 fully saturated rings. The van der Waals surface area contributed by atoms with Gasteiger partial charge in [-0.2, -0.15) is 13.2 Å². The summed E-state index contributed by atoms with van der Waals surface area (Å²) in [6.07, 6.45) is -3.87. The number of rotatable bonds is 5. The van der Waals surface area contributed by atoms with Gasteiger partial charge in [-0.25, -0.2) is 9.97 Å². The number of nitrogens with zero attached hydrogens (tertiary/aromatic N) is 2. The van der Waals surface area contributed by atoms with Crippen molar-refractivity contribution in [3.8, 4) is 0 Å². The van der Waals surface area contributed by atoms with Gasteiger partial charge in [-0.15, -0.1) is 0 Å². The fraction of sp³-hybridized carbons (Fsp3) is 0.636. The Labute approximate surface area is 98.5 Å². The molecular weight excluding hydrogens is 231 g/mol. The normalized spacial score (nSPS) is 11.6. The number of nitrogens with one attached hydrogen (secondary N) is 1. The van der Waals surface area contributed by atoms with Crippen LogP contribution in [-0.2, 0) is 12.8 Å². The Morgan fingerprint density at radius 3 is 2.47 bits per heavy atom. The molecule has 0 aliphatic heterocycles. The molecule has 0 aliphatic carbocycles. The quantitative estimate of drug-likeness (QED) is 0.869. The third kappa shape index (κ3) is 5.01. The zero-order valence-electron chi connectivity index (χ0n) is 9.93. The fourth-order valence-electron chi connectivity index (χ4n) is 1.34. The van der Waals surface area contributed by atoms with Gasteiger partial charge in [0.1, 0.15) is 18.1 Å². The third-order valence-electron chi connectivity index (χ3n) is 2.10. The van der Waals surface area contributed by atoms with Crippen molar-refractivity contribution in [1.82, 2.24) is 9.97 Å². The van der Waals surface area contributed by atoms with Crippen LogP contribution < -0.4 is 5.32 Å². The van der Waals surface area contributed by atoms with Crippen molar-refractivity contribution in [2.45, 2.75) is 39.3 Å². The predicted octanol–water partition coefficient (Wildman–Crippen LogP) is 2.97. The van der Waals surface area contributed by atoms with Gasteiger partial charge >= 0.3 is 6.18 Å². The molecule has 0 aromatic carbocycles. The molecule has 17 heavy (non-hydrogen) atoms. The van der Waals surface area contributed by atoms with Crippen molar-refractivity contribution >= 4 is 5.82 Å². The maximum atomic E-state index is 12.3. The lowest BCUT2D eigenvalue weighted by Gasteiger charge is -2.10. The van der Waals surface area contributed by atoms with Gasteiger partial charge in [-0.1, -0.05) is 13.8 Å². The van der Waals surface area contributed by atoms with Gasteiger partial charge in [0.2, 0.25) is 0 Å². The molecule has 0 aliphatic rings. The number of halogens is 3. The number of anilines is 1. The van der Waals surface area contributed by atoms with Gasteiger partial charge in [0.05, 0.1) is 0 Å². The number of aromatic nitrogens is 2. The molecule has 0 saturated heterocycles. The standard InChI is InChI=1S/C11H16F3N3/c1-3-5-15-9-6-8(4-2)16-10(17-9)7-11(12,13)14/h6H,3-5,7H2,1-2H3,(H,15,16,17). The summed E-state index contributed by atoms with van der Waals surface area (Å²) in [5.74, 6) is 0.299. The van der Waals surface area contributed by atoms with E-state index in [9.17, 15) is 13.2 Å². The molecule has 0 amide bonds. The molecule has 0 atom stereocenters. The summed E-state index contributed by atoms with van der Waals surface area (Å²) in [4.78, 5) is 7.74. The van der Waals surface area contributed by atoms with Crippen molar-refractivity contribution in [1.29, 1.82) is 0 Å². The Balaban J connectivity index is 2.88. The molecule has 6 heteroatoms. The van der Waals surface area contributed by atoms with E-state index in [1.807, 2.05) is 13.8 Å². The van der Waals surface area contributed by atoms with Crippen LogP contribution in [0.2, 0.25) is 0 Å². The van der Waals surface area contributed by atoms with E-state index in [0.717, 1.165) is 6.42 Å². The molecule has 0 bridgehead atoms. The van der Waals surface area contributed by atoms with E-state index in [0.29, 0.717) is 24.5 Å². The maximum absolute atomic E-state index is 12.3. The summed E-state index contributed by atoms with van der Waals surface area (Å²) in [5.41, 5.74) is 0.623. The van der Waals surface area contributed by atoms with Gasteiger partial charge in [-0.3, -0.25) is 0 Å². The second-order valence-corrected chi connectivity index (χ2v) is 3.73. The van der Waals surface area contributed by atoms with E-state index in [-0.39, 0.29) is 5.82 Å². The van der Waals surface area contributed by atoms with Gasteiger partial charge in [-0.05, 0) is 12.8 Å². The third-order valence-corrected chi connectivity index (χ3v) is 2.10. The van der Waals surface area contributed by atoms with Crippen molar-refractivity contribution in [3.05, 3.63) is 17.6 Å². The highest BCUT2D eigenvalue weighted by atomic mass is 19.4. The van der Waals surface area contributed by atoms with Gasteiger partial charge in [0.25, 0.3) is 0 Å². The Hall–Kier alpha value is -1.33. The highest BCUT2D eigenvalue weighted by Gasteiger charge is 2.29. The summed E-state index contributed by atoms with van der Waals surface area (Å²) in [6.45, 7) is 4.51. The van der Waals surface area contributed by atoms with E-state index >= 15 is 0 Å². The van der Waals surface area contributed by atoms with Crippen LogP contribution in [0.5, 0.6) is 0 Å². The topological polar surface area (TPSA) is 37.8 Å². The zero-order chi connectivity index (χ0) is 12.9. The van der Waals surface area contributed by atoms with Crippen LogP contribution in [0.25, 0.3) is 0 Å². The SMILES string of the molecule is CCCNc1cc(CC)nc(CC(F)(F)F)n1. The average molecular weight is 247 g/mol. The van der Waals surface area contributed by atoms with Crippen LogP contribution in [0.4, 0.5) is 19.0 Å². The second-order valence-electron chi connectivity index (χ2n) is 3.73. The number of hydrogen-bond donors (Lipinski definition) is 1. The van der Waals surface area contributed by atoms with Crippen LogP contribution in [-0.4, -0.2) is 22.7 Å². The van der Waals surface area contributed by atoms with Crippen LogP contribution in [0.15, 0.2) is 6.07 Å². The first-order valence-electron chi connectivity index (χ1n) is 5.62. The molecule has 1 heterocycles. The number of aryl methyl sites for hydroxylation is 1. The molecule has 0 unspecified atom stereocenters. The first kappa shape index (κ1) is 13.7. The minimum Gasteiger partial charge on any atom is -0.370 e. The second kappa shape index (κ2) is 5.84. The monoisotopic (exact) mass is 247 g/mol. The maximum Gasteiger partial charge on any atom is 0.396 e. The van der Waals surface area contributed by atoms with Crippen LogP contribution in [0, 0.1) is 0 Å². The lowest BCUT2D eigenvalue weighted by molar-refractivity contribution is -0.128. The minimum atomic E-state index is -4.27. The molecule has 1 rings (SSSR count). The average Bonchev–Trinajstić information content (AvgIpc) is 2.23. The predicted molar refractivity (Wildman–Crippen MR) is 59.9 cm³/mol. The van der Waals surface area contributed by atoms with E-state index in [4.69, 9.17) is 0 Å².